The molecule has 0 spiro atoms. The highest BCUT2D eigenvalue weighted by atomic mass is 32.2. The number of aryl methyl sites for hydroxylation is 1. The molecule has 0 unspecified atom stereocenters. The smallest absolute Gasteiger partial charge is 0.241 e. The Morgan fingerprint density at radius 2 is 2.15 bits per heavy atom. The van der Waals surface area contributed by atoms with Crippen LogP contribution in [0.4, 0.5) is 0 Å². The molecule has 2 N–H and O–H groups in total. The van der Waals surface area contributed by atoms with Crippen molar-refractivity contribution >= 4 is 10.0 Å². The van der Waals surface area contributed by atoms with E-state index in [1.165, 1.54) is 6.07 Å². The molecular weight excluding hydrogens is 278 g/mol. The molecule has 0 aliphatic heterocycles. The topological polar surface area (TPSA) is 75.6 Å². The van der Waals surface area contributed by atoms with Gasteiger partial charge in [-0.25, -0.2) is 13.1 Å². The second-order valence-corrected chi connectivity index (χ2v) is 5.79. The van der Waals surface area contributed by atoms with Gasteiger partial charge in [-0.05, 0) is 31.5 Å². The molecule has 0 bridgehead atoms. The number of sulfonamides is 1. The molecule has 0 saturated heterocycles. The van der Waals surface area contributed by atoms with Crippen LogP contribution < -0.4 is 4.72 Å². The number of rotatable bonds is 6. The van der Waals surface area contributed by atoms with Gasteiger partial charge in [0.15, 0.2) is 0 Å². The first-order valence-corrected chi connectivity index (χ1v) is 7.77. The molecule has 0 aromatic heterocycles. The van der Waals surface area contributed by atoms with Crippen molar-refractivity contribution in [3.63, 3.8) is 0 Å². The van der Waals surface area contributed by atoms with Crippen LogP contribution in [0, 0.1) is 18.8 Å². The summed E-state index contributed by atoms with van der Waals surface area (Å²) in [6.45, 7) is 4.45. The first kappa shape index (κ1) is 16.7. The van der Waals surface area contributed by atoms with E-state index in [1.54, 1.807) is 12.1 Å². The van der Waals surface area contributed by atoms with Gasteiger partial charge in [-0.2, -0.15) is 0 Å². The average molecular weight is 297 g/mol. The maximum atomic E-state index is 12.2. The van der Waals surface area contributed by atoms with Crippen LogP contribution in [0.3, 0.4) is 0 Å². The Hall–Kier alpha value is -1.39. The fraction of sp³-hybridized carbons (Fsp3) is 0.429. The van der Waals surface area contributed by atoms with Gasteiger partial charge in [-0.3, -0.25) is 0 Å². The van der Waals surface area contributed by atoms with Gasteiger partial charge in [-0.15, -0.1) is 0 Å². The minimum Gasteiger partial charge on any atom is -0.384 e. The van der Waals surface area contributed by atoms with Crippen LogP contribution in [0.1, 0.15) is 18.1 Å². The monoisotopic (exact) mass is 297 g/mol. The van der Waals surface area contributed by atoms with Crippen LogP contribution in [0.5, 0.6) is 0 Å². The van der Waals surface area contributed by atoms with Crippen LogP contribution in [-0.4, -0.2) is 39.9 Å². The molecule has 0 amide bonds. The lowest BCUT2D eigenvalue weighted by Crippen LogP contribution is -2.28. The van der Waals surface area contributed by atoms with E-state index in [1.807, 2.05) is 13.8 Å². The normalized spacial score (nSPS) is 10.9. The van der Waals surface area contributed by atoms with E-state index in [-0.39, 0.29) is 18.0 Å². The lowest BCUT2D eigenvalue weighted by atomic mass is 10.1. The summed E-state index contributed by atoms with van der Waals surface area (Å²) in [5.74, 6) is 5.13. The quantitative estimate of drug-likeness (QED) is 0.597. The fourth-order valence-corrected chi connectivity index (χ4v) is 2.74. The summed E-state index contributed by atoms with van der Waals surface area (Å²) < 4.78 is 31.9. The molecule has 1 rings (SSSR count). The molecule has 0 aliphatic rings. The second kappa shape index (κ2) is 8.02. The molecule has 0 aliphatic carbocycles. The first-order chi connectivity index (χ1) is 9.51. The van der Waals surface area contributed by atoms with Gasteiger partial charge in [0.25, 0.3) is 0 Å². The summed E-state index contributed by atoms with van der Waals surface area (Å²) >= 11 is 0. The molecule has 5 nitrogen and oxygen atoms in total. The van der Waals surface area contributed by atoms with Crippen molar-refractivity contribution in [1.82, 2.24) is 4.72 Å². The zero-order chi connectivity index (χ0) is 15.0. The Labute approximate surface area is 120 Å². The van der Waals surface area contributed by atoms with Gasteiger partial charge < -0.3 is 9.84 Å². The third-order valence-electron chi connectivity index (χ3n) is 2.47. The maximum Gasteiger partial charge on any atom is 0.241 e. The predicted molar refractivity (Wildman–Crippen MR) is 76.8 cm³/mol. The van der Waals surface area contributed by atoms with E-state index < -0.39 is 10.0 Å². The lowest BCUT2D eigenvalue weighted by molar-refractivity contribution is 0.153. The molecule has 1 aromatic carbocycles. The summed E-state index contributed by atoms with van der Waals surface area (Å²) in [5, 5.41) is 8.74. The number of benzene rings is 1. The van der Waals surface area contributed by atoms with Gasteiger partial charge in [0.1, 0.15) is 6.61 Å². The van der Waals surface area contributed by atoms with E-state index >= 15 is 0 Å². The van der Waals surface area contributed by atoms with E-state index in [0.717, 1.165) is 5.56 Å². The Morgan fingerprint density at radius 3 is 2.80 bits per heavy atom. The van der Waals surface area contributed by atoms with Gasteiger partial charge in [-0.1, -0.05) is 17.9 Å². The number of ether oxygens (including phenoxy) is 1. The van der Waals surface area contributed by atoms with Crippen LogP contribution in [-0.2, 0) is 14.8 Å². The lowest BCUT2D eigenvalue weighted by Gasteiger charge is -2.09. The first-order valence-electron chi connectivity index (χ1n) is 6.29. The number of hydrogen-bond acceptors (Lipinski definition) is 4. The van der Waals surface area contributed by atoms with Crippen LogP contribution in [0.25, 0.3) is 0 Å². The average Bonchev–Trinajstić information content (AvgIpc) is 2.41. The number of aliphatic hydroxyl groups is 1. The van der Waals surface area contributed by atoms with Crippen LogP contribution in [0.15, 0.2) is 23.1 Å². The summed E-state index contributed by atoms with van der Waals surface area (Å²) in [6, 6.07) is 4.90. The minimum absolute atomic E-state index is 0.112. The second-order valence-electron chi connectivity index (χ2n) is 4.05. The number of nitrogens with one attached hydrogen (secondary N) is 1. The van der Waals surface area contributed by atoms with E-state index in [0.29, 0.717) is 18.8 Å². The summed E-state index contributed by atoms with van der Waals surface area (Å²) in [7, 11) is -3.63. The van der Waals surface area contributed by atoms with Gasteiger partial charge >= 0.3 is 0 Å². The van der Waals surface area contributed by atoms with Crippen LogP contribution in [0.2, 0.25) is 0 Å². The van der Waals surface area contributed by atoms with Gasteiger partial charge in [0.2, 0.25) is 10.0 Å². The SMILES string of the molecule is CCOCCNS(=O)(=O)c1ccc(C)cc1C#CCO. The van der Waals surface area contributed by atoms with Crippen LogP contribution >= 0.6 is 0 Å². The van der Waals surface area contributed by atoms with E-state index in [4.69, 9.17) is 9.84 Å². The number of aliphatic hydroxyl groups excluding tert-OH is 1. The summed E-state index contributed by atoms with van der Waals surface area (Å²) in [4.78, 5) is 0.112. The Bertz CT molecular complexity index is 599. The molecule has 0 saturated carbocycles. The summed E-state index contributed by atoms with van der Waals surface area (Å²) in [6.07, 6.45) is 0. The minimum atomic E-state index is -3.63. The molecule has 20 heavy (non-hydrogen) atoms. The molecule has 0 heterocycles. The Balaban J connectivity index is 2.99. The highest BCUT2D eigenvalue weighted by Gasteiger charge is 2.17. The van der Waals surface area contributed by atoms with Crippen molar-refractivity contribution in [2.75, 3.05) is 26.4 Å². The van der Waals surface area contributed by atoms with Gasteiger partial charge in [0.05, 0.1) is 11.5 Å². The van der Waals surface area contributed by atoms with Crippen molar-refractivity contribution in [1.29, 1.82) is 0 Å². The summed E-state index contributed by atoms with van der Waals surface area (Å²) in [5.41, 5.74) is 1.28. The molecule has 0 fully saturated rings. The highest BCUT2D eigenvalue weighted by Crippen LogP contribution is 2.16. The van der Waals surface area contributed by atoms with Crippen molar-refractivity contribution < 1.29 is 18.3 Å². The third-order valence-corrected chi connectivity index (χ3v) is 3.99. The molecular formula is C14H19NO4S. The zero-order valence-corrected chi connectivity index (χ0v) is 12.5. The number of hydrogen-bond donors (Lipinski definition) is 2. The molecule has 6 heteroatoms. The third kappa shape index (κ3) is 4.94. The van der Waals surface area contributed by atoms with E-state index in [2.05, 4.69) is 16.6 Å². The largest absolute Gasteiger partial charge is 0.384 e. The maximum absolute atomic E-state index is 12.2. The van der Waals surface area contributed by atoms with Gasteiger partial charge in [0, 0.05) is 18.7 Å². The molecule has 0 atom stereocenters. The molecule has 0 radical (unpaired) electrons. The standard InChI is InChI=1S/C14H19NO4S/c1-3-19-10-8-15-20(17,18)14-7-6-12(2)11-13(14)5-4-9-16/h6-7,11,15-16H,3,8-10H2,1-2H3. The van der Waals surface area contributed by atoms with Crippen molar-refractivity contribution in [3.8, 4) is 11.8 Å². The van der Waals surface area contributed by atoms with Crippen molar-refractivity contribution in [3.05, 3.63) is 29.3 Å². The molecule has 110 valence electrons. The Kier molecular flexibility index (Phi) is 6.68. The van der Waals surface area contributed by atoms with Crippen molar-refractivity contribution in [2.45, 2.75) is 18.7 Å². The predicted octanol–water partition coefficient (Wildman–Crippen LogP) is 0.654. The zero-order valence-electron chi connectivity index (χ0n) is 11.6. The van der Waals surface area contributed by atoms with Crippen molar-refractivity contribution in [2.24, 2.45) is 0 Å². The molecule has 1 aromatic rings. The van der Waals surface area contributed by atoms with E-state index in [9.17, 15) is 8.42 Å². The Morgan fingerprint density at radius 1 is 1.40 bits per heavy atom. The highest BCUT2D eigenvalue weighted by molar-refractivity contribution is 7.89. The fourth-order valence-electron chi connectivity index (χ4n) is 1.58.